The summed E-state index contributed by atoms with van der Waals surface area (Å²) in [5.74, 6) is 0.926. The van der Waals surface area contributed by atoms with Crippen LogP contribution in [0.15, 0.2) is 11.4 Å². The average Bonchev–Trinajstić information content (AvgIpc) is 2.95. The van der Waals surface area contributed by atoms with Crippen molar-refractivity contribution in [3.05, 3.63) is 16.3 Å². The van der Waals surface area contributed by atoms with Crippen molar-refractivity contribution >= 4 is 29.7 Å². The number of hydrogen-bond donors (Lipinski definition) is 1. The van der Waals surface area contributed by atoms with Gasteiger partial charge in [0.05, 0.1) is 12.0 Å². The molecule has 0 spiro atoms. The van der Waals surface area contributed by atoms with Gasteiger partial charge in [0.1, 0.15) is 5.75 Å². The number of nitrogens with zero attached hydrogens (tertiary/aromatic N) is 1. The van der Waals surface area contributed by atoms with Crippen LogP contribution in [0.2, 0.25) is 0 Å². The van der Waals surface area contributed by atoms with Gasteiger partial charge in [-0.05, 0) is 19.3 Å². The van der Waals surface area contributed by atoms with Gasteiger partial charge in [-0.25, -0.2) is 0 Å². The third kappa shape index (κ3) is 3.04. The van der Waals surface area contributed by atoms with Gasteiger partial charge >= 0.3 is 0 Å². The Balaban J connectivity index is 0.00000133. The molecule has 2 fully saturated rings. The van der Waals surface area contributed by atoms with Crippen LogP contribution in [-0.2, 0) is 0 Å². The number of nitrogens with one attached hydrogen (secondary N) is 1. The summed E-state index contributed by atoms with van der Waals surface area (Å²) in [5.41, 5.74) is 0. The molecule has 0 saturated carbocycles. The molecule has 0 radical (unpaired) electrons. The highest BCUT2D eigenvalue weighted by Crippen LogP contribution is 2.25. The SMILES string of the molecule is COc1csc(C(=O)N2CCC3CCC(C2)N3)c1.Cl. The van der Waals surface area contributed by atoms with Gasteiger partial charge in [-0.2, -0.15) is 0 Å². The first-order valence-electron chi connectivity index (χ1n) is 6.44. The van der Waals surface area contributed by atoms with Crippen molar-refractivity contribution in [2.75, 3.05) is 20.2 Å². The zero-order chi connectivity index (χ0) is 12.5. The van der Waals surface area contributed by atoms with Gasteiger partial charge < -0.3 is 15.0 Å². The first-order chi connectivity index (χ1) is 8.76. The number of rotatable bonds is 2. The van der Waals surface area contributed by atoms with E-state index in [0.717, 1.165) is 30.1 Å². The third-order valence-corrected chi connectivity index (χ3v) is 4.73. The predicted molar refractivity (Wildman–Crippen MR) is 78.6 cm³/mol. The van der Waals surface area contributed by atoms with E-state index in [1.807, 2.05) is 16.3 Å². The Morgan fingerprint density at radius 2 is 2.21 bits per heavy atom. The largest absolute Gasteiger partial charge is 0.496 e. The number of ether oxygens (including phenoxy) is 1. The normalized spacial score (nSPS) is 25.6. The first-order valence-corrected chi connectivity index (χ1v) is 7.32. The molecule has 2 unspecified atom stereocenters. The van der Waals surface area contributed by atoms with Crippen molar-refractivity contribution in [1.29, 1.82) is 0 Å². The number of methoxy groups -OCH3 is 1. The molecule has 2 aliphatic heterocycles. The van der Waals surface area contributed by atoms with Gasteiger partial charge in [0, 0.05) is 36.6 Å². The van der Waals surface area contributed by atoms with Crippen LogP contribution in [0.3, 0.4) is 0 Å². The van der Waals surface area contributed by atoms with Crippen LogP contribution in [0.5, 0.6) is 5.75 Å². The quantitative estimate of drug-likeness (QED) is 0.910. The molecule has 2 atom stereocenters. The van der Waals surface area contributed by atoms with E-state index < -0.39 is 0 Å². The second kappa shape index (κ2) is 6.11. The van der Waals surface area contributed by atoms with Crippen molar-refractivity contribution in [2.45, 2.75) is 31.3 Å². The summed E-state index contributed by atoms with van der Waals surface area (Å²) in [6.45, 7) is 1.71. The average molecular weight is 303 g/mol. The van der Waals surface area contributed by atoms with Gasteiger partial charge in [0.25, 0.3) is 5.91 Å². The molecule has 2 aliphatic rings. The highest BCUT2D eigenvalue weighted by Gasteiger charge is 2.31. The minimum Gasteiger partial charge on any atom is -0.496 e. The predicted octanol–water partition coefficient (Wildman–Crippen LogP) is 2.15. The molecule has 6 heteroatoms. The number of thiophene rings is 1. The molecule has 19 heavy (non-hydrogen) atoms. The Bertz CT molecular complexity index is 452. The molecule has 3 heterocycles. The van der Waals surface area contributed by atoms with E-state index in [0.29, 0.717) is 12.1 Å². The number of amides is 1. The van der Waals surface area contributed by atoms with Crippen LogP contribution in [0, 0.1) is 0 Å². The highest BCUT2D eigenvalue weighted by atomic mass is 35.5. The van der Waals surface area contributed by atoms with E-state index in [1.165, 1.54) is 24.2 Å². The Morgan fingerprint density at radius 1 is 1.42 bits per heavy atom. The van der Waals surface area contributed by atoms with E-state index in [-0.39, 0.29) is 18.3 Å². The molecule has 106 valence electrons. The molecule has 1 N–H and O–H groups in total. The maximum Gasteiger partial charge on any atom is 0.264 e. The Labute approximate surface area is 123 Å². The number of carbonyl (C=O) groups excluding carboxylic acids is 1. The molecule has 1 aromatic rings. The minimum atomic E-state index is 0. The van der Waals surface area contributed by atoms with E-state index >= 15 is 0 Å². The monoisotopic (exact) mass is 302 g/mol. The van der Waals surface area contributed by atoms with Crippen LogP contribution in [-0.4, -0.2) is 43.1 Å². The lowest BCUT2D eigenvalue weighted by Crippen LogP contribution is -2.38. The molecule has 3 rings (SSSR count). The van der Waals surface area contributed by atoms with Crippen LogP contribution in [0.4, 0.5) is 0 Å². The zero-order valence-corrected chi connectivity index (χ0v) is 12.6. The Kier molecular flexibility index (Phi) is 4.71. The Hall–Kier alpha value is -0.780. The van der Waals surface area contributed by atoms with Gasteiger partial charge in [0.2, 0.25) is 0 Å². The summed E-state index contributed by atoms with van der Waals surface area (Å²) in [6.07, 6.45) is 3.53. The second-order valence-electron chi connectivity index (χ2n) is 5.03. The molecule has 0 aromatic carbocycles. The standard InChI is InChI=1S/C13H18N2O2S.ClH/c1-17-11-6-12(18-8-11)13(16)15-5-4-9-2-3-10(7-15)14-9;/h6,8-10,14H,2-5,7H2,1H3;1H. The van der Waals surface area contributed by atoms with Gasteiger partial charge in [-0.1, -0.05) is 0 Å². The summed E-state index contributed by atoms with van der Waals surface area (Å²) in [5, 5.41) is 5.47. The van der Waals surface area contributed by atoms with Crippen LogP contribution < -0.4 is 10.1 Å². The van der Waals surface area contributed by atoms with Crippen LogP contribution in [0.25, 0.3) is 0 Å². The molecular weight excluding hydrogens is 284 g/mol. The number of hydrogen-bond acceptors (Lipinski definition) is 4. The third-order valence-electron chi connectivity index (χ3n) is 3.83. The fourth-order valence-corrected chi connectivity index (χ4v) is 3.64. The molecule has 2 saturated heterocycles. The Morgan fingerprint density at radius 3 is 2.95 bits per heavy atom. The summed E-state index contributed by atoms with van der Waals surface area (Å²) < 4.78 is 5.13. The van der Waals surface area contributed by atoms with Crippen molar-refractivity contribution in [3.63, 3.8) is 0 Å². The topological polar surface area (TPSA) is 41.6 Å². The molecule has 1 amide bonds. The van der Waals surface area contributed by atoms with Crippen molar-refractivity contribution in [3.8, 4) is 5.75 Å². The maximum absolute atomic E-state index is 12.4. The first kappa shape index (κ1) is 14.6. The van der Waals surface area contributed by atoms with E-state index in [9.17, 15) is 4.79 Å². The molecular formula is C13H19ClN2O2S. The lowest BCUT2D eigenvalue weighted by atomic mass is 10.1. The van der Waals surface area contributed by atoms with E-state index in [2.05, 4.69) is 5.32 Å². The van der Waals surface area contributed by atoms with Crippen molar-refractivity contribution < 1.29 is 9.53 Å². The lowest BCUT2D eigenvalue weighted by molar-refractivity contribution is 0.0753. The fourth-order valence-electron chi connectivity index (χ4n) is 2.82. The summed E-state index contributed by atoms with van der Waals surface area (Å²) in [4.78, 5) is 15.2. The van der Waals surface area contributed by atoms with Gasteiger partial charge in [0.15, 0.2) is 0 Å². The van der Waals surface area contributed by atoms with Gasteiger partial charge in [-0.15, -0.1) is 23.7 Å². The summed E-state index contributed by atoms with van der Waals surface area (Å²) in [6, 6.07) is 2.94. The maximum atomic E-state index is 12.4. The fraction of sp³-hybridized carbons (Fsp3) is 0.615. The number of halogens is 1. The summed E-state index contributed by atoms with van der Waals surface area (Å²) >= 11 is 1.47. The summed E-state index contributed by atoms with van der Waals surface area (Å²) in [7, 11) is 1.63. The number of carbonyl (C=O) groups is 1. The highest BCUT2D eigenvalue weighted by molar-refractivity contribution is 7.12. The molecule has 1 aromatic heterocycles. The van der Waals surface area contributed by atoms with E-state index in [1.54, 1.807) is 7.11 Å². The van der Waals surface area contributed by atoms with E-state index in [4.69, 9.17) is 4.74 Å². The lowest BCUT2D eigenvalue weighted by Gasteiger charge is -2.23. The molecule has 0 aliphatic carbocycles. The number of fused-ring (bicyclic) bond motifs is 2. The van der Waals surface area contributed by atoms with Crippen molar-refractivity contribution in [2.24, 2.45) is 0 Å². The van der Waals surface area contributed by atoms with Crippen LogP contribution >= 0.6 is 23.7 Å². The molecule has 2 bridgehead atoms. The second-order valence-corrected chi connectivity index (χ2v) is 5.94. The van der Waals surface area contributed by atoms with Gasteiger partial charge in [-0.3, -0.25) is 4.79 Å². The minimum absolute atomic E-state index is 0. The zero-order valence-electron chi connectivity index (χ0n) is 10.9. The smallest absolute Gasteiger partial charge is 0.264 e. The molecule has 4 nitrogen and oxygen atoms in total. The number of likely N-dealkylation sites (tertiary alicyclic amines) is 1. The van der Waals surface area contributed by atoms with Crippen molar-refractivity contribution in [1.82, 2.24) is 10.2 Å². The van der Waals surface area contributed by atoms with Crippen LogP contribution in [0.1, 0.15) is 28.9 Å².